The minimum absolute atomic E-state index is 0.0905. The number of aryl methyl sites for hydroxylation is 1. The van der Waals surface area contributed by atoms with Crippen LogP contribution in [-0.2, 0) is 10.0 Å². The van der Waals surface area contributed by atoms with Crippen molar-refractivity contribution in [2.75, 3.05) is 11.4 Å². The van der Waals surface area contributed by atoms with E-state index in [0.29, 0.717) is 11.6 Å². The van der Waals surface area contributed by atoms with Crippen LogP contribution < -0.4 is 4.31 Å². The molecule has 0 saturated heterocycles. The van der Waals surface area contributed by atoms with Crippen molar-refractivity contribution in [3.8, 4) is 0 Å². The molecule has 0 atom stereocenters. The summed E-state index contributed by atoms with van der Waals surface area (Å²) >= 11 is 3.24. The Labute approximate surface area is 114 Å². The standard InChI is InChI=1S/C11H11BrN2O3S/c1-8-3-6-11(17-8)18(15,16)14(2)10-5-4-9(12)7-13-10/h3-7H,1-2H3. The van der Waals surface area contributed by atoms with Crippen LogP contribution in [0.4, 0.5) is 5.82 Å². The topological polar surface area (TPSA) is 63.4 Å². The summed E-state index contributed by atoms with van der Waals surface area (Å²) in [4.78, 5) is 4.04. The SMILES string of the molecule is Cc1ccc(S(=O)(=O)N(C)c2ccc(Br)cn2)o1. The van der Waals surface area contributed by atoms with Crippen LogP contribution in [0.3, 0.4) is 0 Å². The first kappa shape index (κ1) is 13.1. The fourth-order valence-electron chi connectivity index (χ4n) is 1.36. The fourth-order valence-corrected chi connectivity index (χ4v) is 2.70. The number of nitrogens with zero attached hydrogens (tertiary/aromatic N) is 2. The Hall–Kier alpha value is -1.34. The summed E-state index contributed by atoms with van der Waals surface area (Å²) in [5.41, 5.74) is 0. The van der Waals surface area contributed by atoms with Crippen molar-refractivity contribution in [2.45, 2.75) is 12.0 Å². The highest BCUT2D eigenvalue weighted by Gasteiger charge is 2.25. The third kappa shape index (κ3) is 2.41. The van der Waals surface area contributed by atoms with E-state index in [-0.39, 0.29) is 5.09 Å². The molecule has 0 aliphatic heterocycles. The molecular formula is C11H11BrN2O3S. The van der Waals surface area contributed by atoms with E-state index >= 15 is 0 Å². The van der Waals surface area contributed by atoms with Crippen LogP contribution in [0.2, 0.25) is 0 Å². The van der Waals surface area contributed by atoms with Crippen LogP contribution in [0.1, 0.15) is 5.76 Å². The maximum absolute atomic E-state index is 12.2. The Morgan fingerprint density at radius 1 is 1.28 bits per heavy atom. The summed E-state index contributed by atoms with van der Waals surface area (Å²) in [6, 6.07) is 6.37. The third-order valence-electron chi connectivity index (χ3n) is 2.36. The van der Waals surface area contributed by atoms with Gasteiger partial charge in [-0.15, -0.1) is 0 Å². The van der Waals surface area contributed by atoms with Gasteiger partial charge < -0.3 is 4.42 Å². The molecule has 0 unspecified atom stereocenters. The molecule has 2 heterocycles. The first-order valence-electron chi connectivity index (χ1n) is 5.08. The predicted octanol–water partition coefficient (Wildman–Crippen LogP) is 2.57. The average Bonchev–Trinajstić information content (AvgIpc) is 2.76. The Morgan fingerprint density at radius 3 is 2.50 bits per heavy atom. The minimum atomic E-state index is -3.70. The fraction of sp³-hybridized carbons (Fsp3) is 0.182. The summed E-state index contributed by atoms with van der Waals surface area (Å²) in [5.74, 6) is 0.873. The largest absolute Gasteiger partial charge is 0.448 e. The van der Waals surface area contributed by atoms with E-state index in [4.69, 9.17) is 4.42 Å². The molecule has 0 aromatic carbocycles. The second-order valence-electron chi connectivity index (χ2n) is 3.67. The third-order valence-corrected chi connectivity index (χ3v) is 4.47. The molecule has 2 aromatic rings. The zero-order valence-electron chi connectivity index (χ0n) is 9.79. The van der Waals surface area contributed by atoms with E-state index in [9.17, 15) is 8.42 Å². The van der Waals surface area contributed by atoms with Gasteiger partial charge in [0.05, 0.1) is 0 Å². The van der Waals surface area contributed by atoms with Gasteiger partial charge in [0, 0.05) is 17.7 Å². The number of rotatable bonds is 3. The zero-order chi connectivity index (χ0) is 13.3. The molecule has 0 aliphatic rings. The maximum Gasteiger partial charge on any atom is 0.298 e. The van der Waals surface area contributed by atoms with Gasteiger partial charge in [-0.1, -0.05) is 0 Å². The lowest BCUT2D eigenvalue weighted by Gasteiger charge is -2.16. The number of furan rings is 1. The average molecular weight is 331 g/mol. The first-order chi connectivity index (χ1) is 8.41. The molecule has 5 nitrogen and oxygen atoms in total. The van der Waals surface area contributed by atoms with Crippen molar-refractivity contribution in [3.63, 3.8) is 0 Å². The van der Waals surface area contributed by atoms with Crippen LogP contribution in [0.5, 0.6) is 0 Å². The van der Waals surface area contributed by atoms with Crippen LogP contribution in [0, 0.1) is 6.92 Å². The van der Waals surface area contributed by atoms with Gasteiger partial charge in [-0.2, -0.15) is 8.42 Å². The molecular weight excluding hydrogens is 320 g/mol. The Bertz CT molecular complexity index is 649. The molecule has 0 bridgehead atoms. The lowest BCUT2D eigenvalue weighted by molar-refractivity contribution is 0.428. The minimum Gasteiger partial charge on any atom is -0.448 e. The monoisotopic (exact) mass is 330 g/mol. The van der Waals surface area contributed by atoms with Crippen molar-refractivity contribution >= 4 is 31.8 Å². The van der Waals surface area contributed by atoms with Gasteiger partial charge in [0.1, 0.15) is 11.6 Å². The van der Waals surface area contributed by atoms with Gasteiger partial charge in [-0.05, 0) is 47.1 Å². The molecule has 0 radical (unpaired) electrons. The van der Waals surface area contributed by atoms with Crippen LogP contribution in [-0.4, -0.2) is 20.4 Å². The summed E-state index contributed by atoms with van der Waals surface area (Å²) in [6.07, 6.45) is 1.54. The normalized spacial score (nSPS) is 11.5. The number of sulfonamides is 1. The van der Waals surface area contributed by atoms with Crippen molar-refractivity contribution in [2.24, 2.45) is 0 Å². The van der Waals surface area contributed by atoms with Crippen LogP contribution in [0.25, 0.3) is 0 Å². The molecule has 18 heavy (non-hydrogen) atoms. The number of anilines is 1. The quantitative estimate of drug-likeness (QED) is 0.867. The summed E-state index contributed by atoms with van der Waals surface area (Å²) in [6.45, 7) is 1.69. The van der Waals surface area contributed by atoms with E-state index in [0.717, 1.165) is 8.78 Å². The lowest BCUT2D eigenvalue weighted by Crippen LogP contribution is -2.26. The van der Waals surface area contributed by atoms with E-state index in [1.807, 2.05) is 0 Å². The number of pyridine rings is 1. The molecule has 96 valence electrons. The summed E-state index contributed by atoms with van der Waals surface area (Å²) < 4.78 is 31.4. The molecule has 0 fully saturated rings. The van der Waals surface area contributed by atoms with E-state index in [1.165, 1.54) is 19.3 Å². The van der Waals surface area contributed by atoms with Crippen LogP contribution in [0.15, 0.2) is 44.4 Å². The molecule has 0 saturated carbocycles. The van der Waals surface area contributed by atoms with Gasteiger partial charge >= 0.3 is 0 Å². The first-order valence-corrected chi connectivity index (χ1v) is 7.31. The number of hydrogen-bond acceptors (Lipinski definition) is 4. The van der Waals surface area contributed by atoms with Gasteiger partial charge in [0.15, 0.2) is 0 Å². The lowest BCUT2D eigenvalue weighted by atomic mass is 10.5. The smallest absolute Gasteiger partial charge is 0.298 e. The Kier molecular flexibility index (Phi) is 3.45. The van der Waals surface area contributed by atoms with Crippen molar-refractivity contribution in [1.82, 2.24) is 4.98 Å². The zero-order valence-corrected chi connectivity index (χ0v) is 12.2. The van der Waals surface area contributed by atoms with Crippen molar-refractivity contribution in [3.05, 3.63) is 40.7 Å². The van der Waals surface area contributed by atoms with E-state index in [2.05, 4.69) is 20.9 Å². The van der Waals surface area contributed by atoms with E-state index < -0.39 is 10.0 Å². The molecule has 0 amide bonds. The number of hydrogen-bond donors (Lipinski definition) is 0. The van der Waals surface area contributed by atoms with Crippen LogP contribution >= 0.6 is 15.9 Å². The molecule has 0 aliphatic carbocycles. The summed E-state index contributed by atoms with van der Waals surface area (Å²) in [7, 11) is -2.26. The molecule has 2 aromatic heterocycles. The Morgan fingerprint density at radius 2 is 2.00 bits per heavy atom. The highest BCUT2D eigenvalue weighted by Crippen LogP contribution is 2.22. The van der Waals surface area contributed by atoms with E-state index in [1.54, 1.807) is 25.1 Å². The number of aromatic nitrogens is 1. The van der Waals surface area contributed by atoms with Gasteiger partial charge in [-0.25, -0.2) is 4.98 Å². The molecule has 0 N–H and O–H groups in total. The molecule has 2 rings (SSSR count). The highest BCUT2D eigenvalue weighted by atomic mass is 79.9. The highest BCUT2D eigenvalue weighted by molar-refractivity contribution is 9.10. The Balaban J connectivity index is 2.39. The summed E-state index contributed by atoms with van der Waals surface area (Å²) in [5, 5.41) is -0.0905. The van der Waals surface area contributed by atoms with Crippen molar-refractivity contribution < 1.29 is 12.8 Å². The van der Waals surface area contributed by atoms with Gasteiger partial charge in [0.25, 0.3) is 10.0 Å². The van der Waals surface area contributed by atoms with Gasteiger partial charge in [0.2, 0.25) is 5.09 Å². The van der Waals surface area contributed by atoms with Crippen molar-refractivity contribution in [1.29, 1.82) is 0 Å². The second-order valence-corrected chi connectivity index (χ2v) is 6.49. The maximum atomic E-state index is 12.2. The van der Waals surface area contributed by atoms with Gasteiger partial charge in [-0.3, -0.25) is 4.31 Å². The second kappa shape index (κ2) is 4.74. The molecule has 0 spiro atoms. The predicted molar refractivity (Wildman–Crippen MR) is 71.0 cm³/mol. The molecule has 7 heteroatoms. The number of halogens is 1.